The fourth-order valence-corrected chi connectivity index (χ4v) is 2.10. The minimum absolute atomic E-state index is 0.321. The van der Waals surface area contributed by atoms with Crippen molar-refractivity contribution in [3.05, 3.63) is 58.9 Å². The molecule has 3 nitrogen and oxygen atoms in total. The molecule has 21 heavy (non-hydrogen) atoms. The third kappa shape index (κ3) is 4.19. The Kier molecular flexibility index (Phi) is 4.18. The number of halogens is 3. The van der Waals surface area contributed by atoms with Crippen LogP contribution in [0.3, 0.4) is 0 Å². The summed E-state index contributed by atoms with van der Waals surface area (Å²) in [6.45, 7) is 3.57. The van der Waals surface area contributed by atoms with Crippen LogP contribution in [-0.2, 0) is 0 Å². The first kappa shape index (κ1) is 15.3. The predicted octanol–water partition coefficient (Wildman–Crippen LogP) is 3.68. The van der Waals surface area contributed by atoms with Crippen molar-refractivity contribution in [2.45, 2.75) is 26.3 Å². The van der Waals surface area contributed by atoms with Crippen LogP contribution in [0, 0.1) is 13.8 Å². The molecule has 0 radical (unpaired) electrons. The summed E-state index contributed by atoms with van der Waals surface area (Å²) in [5.41, 5.74) is 2.35. The molecule has 1 unspecified atom stereocenters. The molecule has 0 amide bonds. The molecule has 0 aliphatic rings. The largest absolute Gasteiger partial charge is 0.573 e. The Morgan fingerprint density at radius 2 is 1.67 bits per heavy atom. The zero-order valence-electron chi connectivity index (χ0n) is 11.5. The molecule has 6 heteroatoms. The summed E-state index contributed by atoms with van der Waals surface area (Å²) in [7, 11) is 0. The molecule has 112 valence electrons. The molecular formula is C15H14F3NO2. The van der Waals surface area contributed by atoms with Gasteiger partial charge in [-0.05, 0) is 49.2 Å². The van der Waals surface area contributed by atoms with Crippen LogP contribution in [0.25, 0.3) is 0 Å². The summed E-state index contributed by atoms with van der Waals surface area (Å²) in [6, 6.07) is 8.68. The number of alkyl halides is 3. The molecule has 0 spiro atoms. The molecule has 0 fully saturated rings. The van der Waals surface area contributed by atoms with Crippen molar-refractivity contribution < 1.29 is 23.0 Å². The van der Waals surface area contributed by atoms with E-state index in [-0.39, 0.29) is 5.75 Å². The molecule has 2 rings (SSSR count). The molecule has 1 aromatic carbocycles. The fourth-order valence-electron chi connectivity index (χ4n) is 2.10. The number of aromatic nitrogens is 1. The van der Waals surface area contributed by atoms with Crippen molar-refractivity contribution in [1.82, 2.24) is 4.98 Å². The highest BCUT2D eigenvalue weighted by atomic mass is 19.4. The summed E-state index contributed by atoms with van der Waals surface area (Å²) in [5.74, 6) is -0.360. The maximum Gasteiger partial charge on any atom is 0.573 e. The lowest BCUT2D eigenvalue weighted by Gasteiger charge is -2.15. The number of ether oxygens (including phenoxy) is 1. The van der Waals surface area contributed by atoms with Gasteiger partial charge in [-0.3, -0.25) is 4.98 Å². The van der Waals surface area contributed by atoms with Crippen LogP contribution >= 0.6 is 0 Å². The van der Waals surface area contributed by atoms with E-state index >= 15 is 0 Å². The van der Waals surface area contributed by atoms with Gasteiger partial charge in [0.05, 0.1) is 0 Å². The third-order valence-corrected chi connectivity index (χ3v) is 2.83. The van der Waals surface area contributed by atoms with Gasteiger partial charge in [-0.15, -0.1) is 13.2 Å². The second kappa shape index (κ2) is 5.73. The monoisotopic (exact) mass is 297 g/mol. The summed E-state index contributed by atoms with van der Waals surface area (Å²) in [6.07, 6.45) is -5.80. The first-order chi connectivity index (χ1) is 9.74. The van der Waals surface area contributed by atoms with Gasteiger partial charge in [0.25, 0.3) is 0 Å². The highest BCUT2D eigenvalue weighted by molar-refractivity contribution is 5.36. The number of benzene rings is 1. The SMILES string of the molecule is Cc1cc(C(O)c2cccc(OC(F)(F)F)c2)cc(C)n1. The van der Waals surface area contributed by atoms with Crippen molar-refractivity contribution in [1.29, 1.82) is 0 Å². The summed E-state index contributed by atoms with van der Waals surface area (Å²) in [5, 5.41) is 10.3. The van der Waals surface area contributed by atoms with Gasteiger partial charge in [-0.25, -0.2) is 0 Å². The number of aliphatic hydroxyl groups is 1. The zero-order valence-corrected chi connectivity index (χ0v) is 11.5. The van der Waals surface area contributed by atoms with Crippen molar-refractivity contribution in [3.63, 3.8) is 0 Å². The summed E-state index contributed by atoms with van der Waals surface area (Å²) < 4.78 is 40.5. The van der Waals surface area contributed by atoms with E-state index in [0.717, 1.165) is 11.4 Å². The first-order valence-electron chi connectivity index (χ1n) is 6.23. The van der Waals surface area contributed by atoms with Gasteiger partial charge in [0.2, 0.25) is 0 Å². The standard InChI is InChI=1S/C15H14F3NO2/c1-9-6-12(7-10(2)19-9)14(20)11-4-3-5-13(8-11)21-15(16,17)18/h3-8,14,20H,1-2H3. The Morgan fingerprint density at radius 3 is 2.24 bits per heavy atom. The quantitative estimate of drug-likeness (QED) is 0.939. The van der Waals surface area contributed by atoms with Crippen LogP contribution in [0.1, 0.15) is 28.6 Å². The van der Waals surface area contributed by atoms with E-state index in [9.17, 15) is 18.3 Å². The number of hydrogen-bond donors (Lipinski definition) is 1. The number of hydrogen-bond acceptors (Lipinski definition) is 3. The van der Waals surface area contributed by atoms with Gasteiger partial charge >= 0.3 is 6.36 Å². The number of aliphatic hydroxyl groups excluding tert-OH is 1. The number of aryl methyl sites for hydroxylation is 2. The lowest BCUT2D eigenvalue weighted by Crippen LogP contribution is -2.17. The van der Waals surface area contributed by atoms with Crippen molar-refractivity contribution in [2.24, 2.45) is 0 Å². The van der Waals surface area contributed by atoms with Crippen LogP contribution in [0.15, 0.2) is 36.4 Å². The molecular weight excluding hydrogens is 283 g/mol. The smallest absolute Gasteiger partial charge is 0.406 e. The average Bonchev–Trinajstić information content (AvgIpc) is 2.35. The lowest BCUT2D eigenvalue weighted by atomic mass is 10.0. The maximum absolute atomic E-state index is 12.2. The highest BCUT2D eigenvalue weighted by Crippen LogP contribution is 2.28. The Bertz CT molecular complexity index is 621. The summed E-state index contributed by atoms with van der Waals surface area (Å²) in [4.78, 5) is 4.19. The molecule has 1 atom stereocenters. The number of rotatable bonds is 3. The Hall–Kier alpha value is -2.08. The minimum atomic E-state index is -4.76. The molecule has 0 saturated heterocycles. The number of pyridine rings is 1. The zero-order chi connectivity index (χ0) is 15.6. The predicted molar refractivity (Wildman–Crippen MR) is 70.9 cm³/mol. The van der Waals surface area contributed by atoms with Gasteiger partial charge < -0.3 is 9.84 Å². The minimum Gasteiger partial charge on any atom is -0.406 e. The Balaban J connectivity index is 2.30. The van der Waals surface area contributed by atoms with Gasteiger partial charge in [-0.2, -0.15) is 0 Å². The van der Waals surface area contributed by atoms with Crippen LogP contribution in [0.2, 0.25) is 0 Å². The third-order valence-electron chi connectivity index (χ3n) is 2.83. The van der Waals surface area contributed by atoms with E-state index in [1.165, 1.54) is 18.2 Å². The van der Waals surface area contributed by atoms with Crippen LogP contribution in [0.5, 0.6) is 5.75 Å². The molecule has 2 aromatic rings. The van der Waals surface area contributed by atoms with Crippen LogP contribution in [0.4, 0.5) is 13.2 Å². The highest BCUT2D eigenvalue weighted by Gasteiger charge is 2.31. The van der Waals surface area contributed by atoms with E-state index in [1.54, 1.807) is 32.0 Å². The average molecular weight is 297 g/mol. The normalized spacial score (nSPS) is 13.0. The van der Waals surface area contributed by atoms with Crippen LogP contribution in [-0.4, -0.2) is 16.5 Å². The summed E-state index contributed by atoms with van der Waals surface area (Å²) >= 11 is 0. The van der Waals surface area contributed by atoms with E-state index in [2.05, 4.69) is 9.72 Å². The Morgan fingerprint density at radius 1 is 1.05 bits per heavy atom. The van der Waals surface area contributed by atoms with Crippen molar-refractivity contribution in [2.75, 3.05) is 0 Å². The molecule has 0 aliphatic carbocycles. The Labute approximate surface area is 120 Å². The first-order valence-corrected chi connectivity index (χ1v) is 6.23. The lowest BCUT2D eigenvalue weighted by molar-refractivity contribution is -0.274. The van der Waals surface area contributed by atoms with E-state index in [1.807, 2.05) is 0 Å². The second-order valence-corrected chi connectivity index (χ2v) is 4.71. The molecule has 1 aromatic heterocycles. The van der Waals surface area contributed by atoms with Crippen LogP contribution < -0.4 is 4.74 Å². The van der Waals surface area contributed by atoms with Gasteiger partial charge in [0.15, 0.2) is 0 Å². The van der Waals surface area contributed by atoms with E-state index in [4.69, 9.17) is 0 Å². The fraction of sp³-hybridized carbons (Fsp3) is 0.267. The van der Waals surface area contributed by atoms with E-state index in [0.29, 0.717) is 11.1 Å². The topological polar surface area (TPSA) is 42.4 Å². The van der Waals surface area contributed by atoms with Gasteiger partial charge in [0.1, 0.15) is 11.9 Å². The molecule has 0 aliphatic heterocycles. The molecule has 0 bridgehead atoms. The van der Waals surface area contributed by atoms with Gasteiger partial charge in [0, 0.05) is 11.4 Å². The maximum atomic E-state index is 12.2. The van der Waals surface area contributed by atoms with Gasteiger partial charge in [-0.1, -0.05) is 12.1 Å². The molecule has 0 saturated carbocycles. The molecule has 1 heterocycles. The van der Waals surface area contributed by atoms with E-state index < -0.39 is 12.5 Å². The molecule has 1 N–H and O–H groups in total. The van der Waals surface area contributed by atoms with Crippen molar-refractivity contribution in [3.8, 4) is 5.75 Å². The number of nitrogens with zero attached hydrogens (tertiary/aromatic N) is 1. The van der Waals surface area contributed by atoms with Crippen molar-refractivity contribution >= 4 is 0 Å². The second-order valence-electron chi connectivity index (χ2n) is 4.71.